The second-order valence-electron chi connectivity index (χ2n) is 4.76. The number of hydrogen-bond acceptors (Lipinski definition) is 2. The van der Waals surface area contributed by atoms with Crippen molar-refractivity contribution in [3.63, 3.8) is 0 Å². The lowest BCUT2D eigenvalue weighted by molar-refractivity contribution is 0.772. The van der Waals surface area contributed by atoms with Crippen LogP contribution in [0, 0.1) is 6.92 Å². The van der Waals surface area contributed by atoms with Crippen molar-refractivity contribution in [3.8, 4) is 0 Å². The number of nitrogens with zero attached hydrogens (tertiary/aromatic N) is 1. The quantitative estimate of drug-likeness (QED) is 0.756. The lowest BCUT2D eigenvalue weighted by Gasteiger charge is -2.12. The number of benzene rings is 1. The molecule has 0 saturated heterocycles. The third-order valence-electron chi connectivity index (χ3n) is 3.66. The summed E-state index contributed by atoms with van der Waals surface area (Å²) in [7, 11) is 0. The van der Waals surface area contributed by atoms with Gasteiger partial charge in [-0.3, -0.25) is 4.98 Å². The van der Waals surface area contributed by atoms with Gasteiger partial charge in [0.2, 0.25) is 0 Å². The zero-order valence-electron chi connectivity index (χ0n) is 9.98. The van der Waals surface area contributed by atoms with Gasteiger partial charge < -0.3 is 5.73 Å². The summed E-state index contributed by atoms with van der Waals surface area (Å²) in [6.07, 6.45) is 4.16. The number of pyridine rings is 1. The van der Waals surface area contributed by atoms with Gasteiger partial charge in [-0.05, 0) is 48.6 Å². The molecule has 1 heterocycles. The van der Waals surface area contributed by atoms with E-state index in [0.717, 1.165) is 24.1 Å². The molecule has 2 nitrogen and oxygen atoms in total. The van der Waals surface area contributed by atoms with E-state index in [-0.39, 0.29) is 0 Å². The fourth-order valence-corrected chi connectivity index (χ4v) is 2.61. The molecule has 1 aliphatic carbocycles. The molecule has 0 amide bonds. The average Bonchev–Trinajstić information content (AvgIpc) is 2.76. The van der Waals surface area contributed by atoms with Gasteiger partial charge in [0.25, 0.3) is 0 Å². The third-order valence-corrected chi connectivity index (χ3v) is 3.66. The predicted octanol–water partition coefficient (Wildman–Crippen LogP) is 3.05. The van der Waals surface area contributed by atoms with Crippen LogP contribution in [0.25, 0.3) is 0 Å². The maximum Gasteiger partial charge on any atom is 0.0510 e. The maximum atomic E-state index is 5.99. The standard InChI is InChI=1S/C15H16N2/c1-10-4-5-12(9-14(10)16)13-7-6-11-3-2-8-17-15(11)13/h2-5,8-9,13H,6-7,16H2,1H3. The van der Waals surface area contributed by atoms with Gasteiger partial charge in [-0.2, -0.15) is 0 Å². The molecule has 0 aliphatic heterocycles. The Morgan fingerprint density at radius 1 is 1.29 bits per heavy atom. The van der Waals surface area contributed by atoms with Gasteiger partial charge in [0, 0.05) is 17.8 Å². The molecule has 1 aliphatic rings. The molecule has 0 saturated carbocycles. The van der Waals surface area contributed by atoms with Gasteiger partial charge in [0.1, 0.15) is 0 Å². The topological polar surface area (TPSA) is 38.9 Å². The minimum atomic E-state index is 0.425. The highest BCUT2D eigenvalue weighted by atomic mass is 14.7. The summed E-state index contributed by atoms with van der Waals surface area (Å²) < 4.78 is 0. The van der Waals surface area contributed by atoms with E-state index in [1.165, 1.54) is 16.8 Å². The Balaban J connectivity index is 2.04. The molecule has 1 atom stereocenters. The number of aryl methyl sites for hydroxylation is 2. The monoisotopic (exact) mass is 224 g/mol. The van der Waals surface area contributed by atoms with Gasteiger partial charge in [-0.25, -0.2) is 0 Å². The highest BCUT2D eigenvalue weighted by molar-refractivity contribution is 5.51. The number of fused-ring (bicyclic) bond motifs is 1. The molecule has 2 N–H and O–H groups in total. The fourth-order valence-electron chi connectivity index (χ4n) is 2.61. The summed E-state index contributed by atoms with van der Waals surface area (Å²) in [6.45, 7) is 2.04. The Bertz CT molecular complexity index is 561. The van der Waals surface area contributed by atoms with Crippen LogP contribution in [0.1, 0.15) is 34.7 Å². The van der Waals surface area contributed by atoms with E-state index in [1.807, 2.05) is 19.2 Å². The van der Waals surface area contributed by atoms with Crippen molar-refractivity contribution < 1.29 is 0 Å². The van der Waals surface area contributed by atoms with Crippen molar-refractivity contribution in [2.45, 2.75) is 25.7 Å². The van der Waals surface area contributed by atoms with Crippen molar-refractivity contribution in [1.29, 1.82) is 0 Å². The van der Waals surface area contributed by atoms with Crippen LogP contribution in [0.3, 0.4) is 0 Å². The van der Waals surface area contributed by atoms with E-state index in [2.05, 4.69) is 29.2 Å². The number of anilines is 1. The number of nitrogen functional groups attached to an aromatic ring is 1. The second kappa shape index (κ2) is 3.88. The number of aromatic nitrogens is 1. The summed E-state index contributed by atoms with van der Waals surface area (Å²) in [5, 5.41) is 0. The molecule has 2 aromatic rings. The molecule has 1 aromatic heterocycles. The minimum absolute atomic E-state index is 0.425. The van der Waals surface area contributed by atoms with Gasteiger partial charge in [0.15, 0.2) is 0 Å². The first-order valence-corrected chi connectivity index (χ1v) is 6.05. The third kappa shape index (κ3) is 1.70. The Kier molecular flexibility index (Phi) is 2.36. The van der Waals surface area contributed by atoms with Crippen LogP contribution in [-0.2, 0) is 6.42 Å². The van der Waals surface area contributed by atoms with Gasteiger partial charge in [0.05, 0.1) is 5.69 Å². The normalized spacial score (nSPS) is 18.1. The molecule has 0 spiro atoms. The zero-order chi connectivity index (χ0) is 11.8. The fraction of sp³-hybridized carbons (Fsp3) is 0.267. The van der Waals surface area contributed by atoms with Crippen LogP contribution in [0.2, 0.25) is 0 Å². The molecule has 0 fully saturated rings. The molecule has 86 valence electrons. The maximum absolute atomic E-state index is 5.99. The van der Waals surface area contributed by atoms with Crippen molar-refractivity contribution in [1.82, 2.24) is 4.98 Å². The van der Waals surface area contributed by atoms with Gasteiger partial charge >= 0.3 is 0 Å². The van der Waals surface area contributed by atoms with E-state index >= 15 is 0 Å². The molecule has 3 rings (SSSR count). The SMILES string of the molecule is Cc1ccc(C2CCc3cccnc32)cc1N. The summed E-state index contributed by atoms with van der Waals surface area (Å²) in [5.41, 5.74) is 11.9. The molecule has 17 heavy (non-hydrogen) atoms. The first kappa shape index (κ1) is 10.3. The first-order chi connectivity index (χ1) is 8.25. The van der Waals surface area contributed by atoms with Crippen LogP contribution in [0.4, 0.5) is 5.69 Å². The van der Waals surface area contributed by atoms with Crippen molar-refractivity contribution in [2.24, 2.45) is 0 Å². The van der Waals surface area contributed by atoms with Gasteiger partial charge in [-0.15, -0.1) is 0 Å². The Hall–Kier alpha value is -1.83. The van der Waals surface area contributed by atoms with Crippen LogP contribution in [0.5, 0.6) is 0 Å². The molecular weight excluding hydrogens is 208 g/mol. The van der Waals surface area contributed by atoms with Crippen LogP contribution >= 0.6 is 0 Å². The Labute approximate surface area is 102 Å². The molecular formula is C15H16N2. The lowest BCUT2D eigenvalue weighted by atomic mass is 9.95. The van der Waals surface area contributed by atoms with E-state index in [9.17, 15) is 0 Å². The summed E-state index contributed by atoms with van der Waals surface area (Å²) >= 11 is 0. The van der Waals surface area contributed by atoms with Crippen LogP contribution < -0.4 is 5.73 Å². The minimum Gasteiger partial charge on any atom is -0.399 e. The van der Waals surface area contributed by atoms with E-state index in [1.54, 1.807) is 0 Å². The number of hydrogen-bond donors (Lipinski definition) is 1. The predicted molar refractivity (Wildman–Crippen MR) is 70.0 cm³/mol. The first-order valence-electron chi connectivity index (χ1n) is 6.05. The molecule has 0 radical (unpaired) electrons. The zero-order valence-corrected chi connectivity index (χ0v) is 9.98. The van der Waals surface area contributed by atoms with E-state index in [0.29, 0.717) is 5.92 Å². The van der Waals surface area contributed by atoms with Crippen LogP contribution in [-0.4, -0.2) is 4.98 Å². The van der Waals surface area contributed by atoms with Crippen molar-refractivity contribution in [2.75, 3.05) is 5.73 Å². The molecule has 1 aromatic carbocycles. The van der Waals surface area contributed by atoms with Gasteiger partial charge in [-0.1, -0.05) is 18.2 Å². The molecule has 1 unspecified atom stereocenters. The Morgan fingerprint density at radius 3 is 3.00 bits per heavy atom. The summed E-state index contributed by atoms with van der Waals surface area (Å²) in [6, 6.07) is 10.6. The highest BCUT2D eigenvalue weighted by Gasteiger charge is 2.25. The molecule has 2 heteroatoms. The summed E-state index contributed by atoms with van der Waals surface area (Å²) in [5.74, 6) is 0.425. The smallest absolute Gasteiger partial charge is 0.0510 e. The van der Waals surface area contributed by atoms with E-state index < -0.39 is 0 Å². The summed E-state index contributed by atoms with van der Waals surface area (Å²) in [4.78, 5) is 4.53. The average molecular weight is 224 g/mol. The van der Waals surface area contributed by atoms with E-state index in [4.69, 9.17) is 5.73 Å². The number of nitrogens with two attached hydrogens (primary N) is 1. The second-order valence-corrected chi connectivity index (χ2v) is 4.76. The lowest BCUT2D eigenvalue weighted by Crippen LogP contribution is -2.00. The highest BCUT2D eigenvalue weighted by Crippen LogP contribution is 2.37. The molecule has 0 bridgehead atoms. The number of rotatable bonds is 1. The Morgan fingerprint density at radius 2 is 2.18 bits per heavy atom. The van der Waals surface area contributed by atoms with Crippen LogP contribution in [0.15, 0.2) is 36.5 Å². The van der Waals surface area contributed by atoms with Crippen molar-refractivity contribution in [3.05, 3.63) is 58.9 Å². The largest absolute Gasteiger partial charge is 0.399 e. The van der Waals surface area contributed by atoms with Crippen molar-refractivity contribution >= 4 is 5.69 Å².